The van der Waals surface area contributed by atoms with Crippen LogP contribution >= 0.6 is 0 Å². The minimum Gasteiger partial charge on any atom is -0.352 e. The first-order valence-corrected chi connectivity index (χ1v) is 10.5. The molecule has 1 N–H and O–H groups in total. The molecule has 6 heteroatoms. The van der Waals surface area contributed by atoms with Crippen LogP contribution in [-0.2, 0) is 10.0 Å². The van der Waals surface area contributed by atoms with Gasteiger partial charge in [0, 0.05) is 25.2 Å². The number of hydrogen-bond acceptors (Lipinski definition) is 3. The second kappa shape index (κ2) is 8.32. The Labute approximate surface area is 151 Å². The standard InChI is InChI=1S/C19H30N2O3S/c1-14(2)9-10-20-19(22)17-5-7-18(8-6-17)25(23,24)21-12-15(3)11-16(4)13-21/h5-8,14-16H,9-13H2,1-4H3,(H,20,22)/t15-,16+. The summed E-state index contributed by atoms with van der Waals surface area (Å²) in [4.78, 5) is 12.4. The molecule has 1 aromatic carbocycles. The van der Waals surface area contributed by atoms with Gasteiger partial charge in [0.05, 0.1) is 4.90 Å². The molecule has 0 aliphatic carbocycles. The first-order valence-electron chi connectivity index (χ1n) is 9.08. The lowest BCUT2D eigenvalue weighted by Gasteiger charge is -2.34. The second-order valence-electron chi connectivity index (χ2n) is 7.73. The van der Waals surface area contributed by atoms with Crippen LogP contribution in [0.2, 0.25) is 0 Å². The average Bonchev–Trinajstić information content (AvgIpc) is 2.53. The van der Waals surface area contributed by atoms with Crippen molar-refractivity contribution in [2.24, 2.45) is 17.8 Å². The van der Waals surface area contributed by atoms with Crippen LogP contribution < -0.4 is 5.32 Å². The molecule has 1 amide bonds. The molecule has 25 heavy (non-hydrogen) atoms. The fourth-order valence-corrected chi connectivity index (χ4v) is 4.99. The van der Waals surface area contributed by atoms with Gasteiger partial charge in [0.15, 0.2) is 0 Å². The highest BCUT2D eigenvalue weighted by Gasteiger charge is 2.31. The molecule has 0 spiro atoms. The van der Waals surface area contributed by atoms with E-state index in [1.165, 1.54) is 12.1 Å². The molecule has 2 rings (SSSR count). The zero-order valence-corrected chi connectivity index (χ0v) is 16.5. The topological polar surface area (TPSA) is 66.5 Å². The van der Waals surface area contributed by atoms with Gasteiger partial charge in [0.1, 0.15) is 0 Å². The van der Waals surface area contributed by atoms with Gasteiger partial charge in [-0.15, -0.1) is 0 Å². The number of carbonyl (C=O) groups is 1. The summed E-state index contributed by atoms with van der Waals surface area (Å²) in [6.45, 7) is 10.1. The molecule has 2 atom stereocenters. The maximum Gasteiger partial charge on any atom is 0.251 e. The summed E-state index contributed by atoms with van der Waals surface area (Å²) in [6.07, 6.45) is 1.98. The lowest BCUT2D eigenvalue weighted by molar-refractivity contribution is 0.0952. The SMILES string of the molecule is CC(C)CCNC(=O)c1ccc(S(=O)(=O)N2C[C@H](C)C[C@H](C)C2)cc1. The number of rotatable bonds is 6. The number of carbonyl (C=O) groups excluding carboxylic acids is 1. The van der Waals surface area contributed by atoms with Crippen LogP contribution in [0.5, 0.6) is 0 Å². The number of piperidine rings is 1. The molecule has 0 aromatic heterocycles. The molecule has 1 aromatic rings. The number of sulfonamides is 1. The summed E-state index contributed by atoms with van der Waals surface area (Å²) in [5, 5.41) is 2.86. The van der Waals surface area contributed by atoms with Gasteiger partial charge in [0.25, 0.3) is 5.91 Å². The zero-order valence-electron chi connectivity index (χ0n) is 15.7. The molecule has 5 nitrogen and oxygen atoms in total. The van der Waals surface area contributed by atoms with Crippen molar-refractivity contribution >= 4 is 15.9 Å². The summed E-state index contributed by atoms with van der Waals surface area (Å²) < 4.78 is 27.2. The highest BCUT2D eigenvalue weighted by molar-refractivity contribution is 7.89. The quantitative estimate of drug-likeness (QED) is 0.841. The first kappa shape index (κ1) is 19.9. The molecule has 1 saturated heterocycles. The van der Waals surface area contributed by atoms with E-state index in [0.29, 0.717) is 43.0 Å². The molecule has 140 valence electrons. The van der Waals surface area contributed by atoms with Crippen LogP contribution in [0.3, 0.4) is 0 Å². The van der Waals surface area contributed by atoms with Crippen molar-refractivity contribution in [3.63, 3.8) is 0 Å². The van der Waals surface area contributed by atoms with E-state index < -0.39 is 10.0 Å². The molecule has 1 aliphatic rings. The van der Waals surface area contributed by atoms with E-state index >= 15 is 0 Å². The predicted molar refractivity (Wildman–Crippen MR) is 99.9 cm³/mol. The molecular weight excluding hydrogens is 336 g/mol. The Morgan fingerprint density at radius 1 is 1.16 bits per heavy atom. The average molecular weight is 367 g/mol. The Morgan fingerprint density at radius 3 is 2.24 bits per heavy atom. The van der Waals surface area contributed by atoms with Crippen molar-refractivity contribution < 1.29 is 13.2 Å². The molecule has 1 heterocycles. The van der Waals surface area contributed by atoms with Crippen LogP contribution in [-0.4, -0.2) is 38.3 Å². The van der Waals surface area contributed by atoms with Gasteiger partial charge in [0.2, 0.25) is 10.0 Å². The number of hydrogen-bond donors (Lipinski definition) is 1. The zero-order chi connectivity index (χ0) is 18.6. The Balaban J connectivity index is 2.06. The Kier molecular flexibility index (Phi) is 6.63. The maximum absolute atomic E-state index is 12.8. The van der Waals surface area contributed by atoms with Crippen LogP contribution in [0.4, 0.5) is 0 Å². The van der Waals surface area contributed by atoms with Crippen LogP contribution in [0.1, 0.15) is 50.9 Å². The fourth-order valence-electron chi connectivity index (χ4n) is 3.31. The molecule has 0 bridgehead atoms. The lowest BCUT2D eigenvalue weighted by Crippen LogP contribution is -2.42. The minimum absolute atomic E-state index is 0.162. The van der Waals surface area contributed by atoms with Gasteiger partial charge in [-0.25, -0.2) is 8.42 Å². The van der Waals surface area contributed by atoms with Gasteiger partial charge >= 0.3 is 0 Å². The summed E-state index contributed by atoms with van der Waals surface area (Å²) in [5.74, 6) is 1.10. The second-order valence-corrected chi connectivity index (χ2v) is 9.67. The summed E-state index contributed by atoms with van der Waals surface area (Å²) in [5.41, 5.74) is 0.489. The maximum atomic E-state index is 12.8. The highest BCUT2D eigenvalue weighted by atomic mass is 32.2. The van der Waals surface area contributed by atoms with E-state index in [1.54, 1.807) is 16.4 Å². The molecular formula is C19H30N2O3S. The van der Waals surface area contributed by atoms with Crippen molar-refractivity contribution in [2.45, 2.75) is 45.4 Å². The molecule has 0 radical (unpaired) electrons. The smallest absolute Gasteiger partial charge is 0.251 e. The highest BCUT2D eigenvalue weighted by Crippen LogP contribution is 2.26. The predicted octanol–water partition coefficient (Wildman–Crippen LogP) is 3.13. The van der Waals surface area contributed by atoms with Crippen LogP contribution in [0.25, 0.3) is 0 Å². The number of nitrogens with zero attached hydrogens (tertiary/aromatic N) is 1. The summed E-state index contributed by atoms with van der Waals surface area (Å²) in [7, 11) is -3.50. The van der Waals surface area contributed by atoms with Gasteiger partial charge in [-0.1, -0.05) is 27.7 Å². The normalized spacial score (nSPS) is 22.1. The van der Waals surface area contributed by atoms with Crippen LogP contribution in [0.15, 0.2) is 29.2 Å². The molecule has 1 aliphatic heterocycles. The third-order valence-electron chi connectivity index (χ3n) is 4.60. The number of nitrogens with one attached hydrogen (secondary N) is 1. The Hall–Kier alpha value is -1.40. The van der Waals surface area contributed by atoms with Crippen molar-refractivity contribution in [1.82, 2.24) is 9.62 Å². The summed E-state index contributed by atoms with van der Waals surface area (Å²) >= 11 is 0. The van der Waals surface area contributed by atoms with Gasteiger partial charge in [-0.05, 0) is 54.9 Å². The van der Waals surface area contributed by atoms with E-state index in [4.69, 9.17) is 0 Å². The van der Waals surface area contributed by atoms with Gasteiger partial charge in [-0.2, -0.15) is 4.31 Å². The van der Waals surface area contributed by atoms with E-state index in [-0.39, 0.29) is 10.8 Å². The van der Waals surface area contributed by atoms with Crippen molar-refractivity contribution in [1.29, 1.82) is 0 Å². The largest absolute Gasteiger partial charge is 0.352 e. The Morgan fingerprint density at radius 2 is 1.72 bits per heavy atom. The van der Waals surface area contributed by atoms with E-state index in [0.717, 1.165) is 12.8 Å². The number of benzene rings is 1. The fraction of sp³-hybridized carbons (Fsp3) is 0.632. The summed E-state index contributed by atoms with van der Waals surface area (Å²) in [6, 6.07) is 6.26. The minimum atomic E-state index is -3.50. The number of amides is 1. The van der Waals surface area contributed by atoms with Gasteiger partial charge < -0.3 is 5.32 Å². The van der Waals surface area contributed by atoms with E-state index in [2.05, 4.69) is 33.0 Å². The molecule has 0 unspecified atom stereocenters. The van der Waals surface area contributed by atoms with Crippen molar-refractivity contribution in [3.05, 3.63) is 29.8 Å². The van der Waals surface area contributed by atoms with E-state index in [9.17, 15) is 13.2 Å². The Bertz CT molecular complexity index is 673. The third kappa shape index (κ3) is 5.28. The van der Waals surface area contributed by atoms with Crippen molar-refractivity contribution in [3.8, 4) is 0 Å². The monoisotopic (exact) mass is 366 g/mol. The first-order chi connectivity index (χ1) is 11.7. The molecule has 0 saturated carbocycles. The third-order valence-corrected chi connectivity index (χ3v) is 6.44. The van der Waals surface area contributed by atoms with Crippen LogP contribution in [0, 0.1) is 17.8 Å². The lowest BCUT2D eigenvalue weighted by atomic mass is 9.94. The molecule has 1 fully saturated rings. The van der Waals surface area contributed by atoms with Gasteiger partial charge in [-0.3, -0.25) is 4.79 Å². The van der Waals surface area contributed by atoms with Crippen molar-refractivity contribution in [2.75, 3.05) is 19.6 Å². The van der Waals surface area contributed by atoms with E-state index in [1.807, 2.05) is 0 Å².